The van der Waals surface area contributed by atoms with Gasteiger partial charge in [-0.1, -0.05) is 84.8 Å². The fraction of sp³-hybridized carbons (Fsp3) is 0.383. The van der Waals surface area contributed by atoms with Gasteiger partial charge in [-0.05, 0) is 59.5 Å². The highest BCUT2D eigenvalue weighted by atomic mass is 32.7. The number of ether oxygens (including phenoxy) is 2. The Morgan fingerprint density at radius 1 is 0.750 bits per heavy atom. The molecule has 5 aliphatic heterocycles. The van der Waals surface area contributed by atoms with Crippen LogP contribution in [0.2, 0.25) is 0 Å². The number of benzene rings is 3. The fourth-order valence-corrected chi connectivity index (χ4v) is 14.5. The summed E-state index contributed by atoms with van der Waals surface area (Å²) in [6.45, 7) is -10.6. The average molecular weight is 1390 g/mol. The van der Waals surface area contributed by atoms with E-state index in [1.54, 1.807) is 58.1 Å². The quantitative estimate of drug-likeness (QED) is 0.0234. The van der Waals surface area contributed by atoms with Gasteiger partial charge >= 0.3 is 13.5 Å². The fourth-order valence-electron chi connectivity index (χ4n) is 11.6. The maximum atomic E-state index is 14.2. The third-order valence-corrected chi connectivity index (χ3v) is 19.4. The molecule has 4 aromatic heterocycles. The predicted molar refractivity (Wildman–Crippen MR) is 351 cm³/mol. The van der Waals surface area contributed by atoms with Crippen molar-refractivity contribution in [1.29, 1.82) is 0 Å². The molecule has 0 aliphatic carbocycles. The van der Waals surface area contributed by atoms with E-state index in [9.17, 15) is 48.4 Å². The summed E-state index contributed by atoms with van der Waals surface area (Å²) < 4.78 is 53.0. The number of fused-ring (bicyclic) bond motifs is 6. The largest absolute Gasteiger partial charge is 0.387 e. The number of nitrogens with one attached hydrogen (secondary N) is 7. The number of para-hydroxylation sites is 1. The first-order valence-electron chi connectivity index (χ1n) is 30.5. The predicted octanol–water partition coefficient (Wildman–Crippen LogP) is 1.13. The summed E-state index contributed by atoms with van der Waals surface area (Å²) in [5.74, 6) is 3.13. The van der Waals surface area contributed by atoms with Crippen LogP contribution in [-0.2, 0) is 92.1 Å². The normalized spacial score (nSPS) is 24.8. The summed E-state index contributed by atoms with van der Waals surface area (Å²) in [6, 6.07) is 22.3. The molecule has 3 saturated heterocycles. The summed E-state index contributed by atoms with van der Waals surface area (Å²) in [6.07, 6.45) is -5.70. The molecule has 504 valence electrons. The third kappa shape index (κ3) is 15.6. The topological polar surface area (TPSA) is 423 Å². The number of carbonyl (C=O) groups excluding carboxylic acids is 6. The summed E-state index contributed by atoms with van der Waals surface area (Å²) >= 11 is 9.68. The first-order valence-corrected chi connectivity index (χ1v) is 35.7. The van der Waals surface area contributed by atoms with Crippen LogP contribution in [0.25, 0.3) is 22.2 Å². The van der Waals surface area contributed by atoms with Crippen molar-refractivity contribution in [2.75, 3.05) is 73.7 Å². The van der Waals surface area contributed by atoms with E-state index < -0.39 is 131 Å². The van der Waals surface area contributed by atoms with E-state index in [0.29, 0.717) is 41.2 Å². The summed E-state index contributed by atoms with van der Waals surface area (Å²) in [5, 5.41) is 43.1. The van der Waals surface area contributed by atoms with E-state index in [1.807, 2.05) is 36.4 Å². The van der Waals surface area contributed by atoms with Gasteiger partial charge in [0.2, 0.25) is 41.4 Å². The van der Waals surface area contributed by atoms with Crippen LogP contribution in [-0.4, -0.2) is 180 Å². The van der Waals surface area contributed by atoms with Crippen molar-refractivity contribution in [3.8, 4) is 11.8 Å². The van der Waals surface area contributed by atoms with Gasteiger partial charge in [-0.2, -0.15) is 9.97 Å². The number of amides is 6. The standard InChI is InChI=1S/C60H66N16O16P2S2/c61-53-48-56(76(32-70-48)59-52-49(82)40(89-59)29-87-93(85,95)91-51-41(30-88-94(86,96)92-52)90-58(50(51)83)75-28-37-14-8-20-63-54-47(37)55(75)69-31-68-54)73-60(72-53)64-22-21-62-43(78)25-67-57(84)38(23-33-9-2-1-3-10-33)71-45(80)26-66-44(79)24-65-42(77)18-19-46(81)74-27-36-13-5-4-11-34(36)16-17-35-12-6-7-15-39(35)74/h1-7,9-13,15,28,31-32,38,40-41,49-52,58-59,82-83H,8,14,18-27,29-30H2,(H,62,78)(H,65,77)(H,66,79)(H,67,84)(H,71,80)(H,85,95)(H,86,96)(H,63,68,69)(H3,61,64,72,73)/t38-,40+,41+,49+,50+,51+,52+,58+,59+,93?,94?/m0/s1. The Morgan fingerprint density at radius 3 is 2.30 bits per heavy atom. The van der Waals surface area contributed by atoms with Crippen molar-refractivity contribution in [1.82, 2.24) is 60.6 Å². The van der Waals surface area contributed by atoms with E-state index in [2.05, 4.69) is 86.2 Å². The highest BCUT2D eigenvalue weighted by molar-refractivity contribution is 8.44. The molecule has 12 N–H and O–H groups in total. The Bertz CT molecular complexity index is 4290. The Morgan fingerprint density at radius 2 is 1.47 bits per heavy atom. The number of rotatable bonds is 19. The molecule has 0 spiro atoms. The van der Waals surface area contributed by atoms with E-state index in [4.69, 9.17) is 45.1 Å². The van der Waals surface area contributed by atoms with Crippen LogP contribution in [0.4, 0.5) is 23.3 Å². The number of aliphatic hydroxyl groups is 2. The maximum absolute atomic E-state index is 14.2. The summed E-state index contributed by atoms with van der Waals surface area (Å²) in [7, 11) is 0. The molecule has 11 atom stereocenters. The van der Waals surface area contributed by atoms with Gasteiger partial charge in [0.25, 0.3) is 0 Å². The zero-order valence-corrected chi connectivity index (χ0v) is 54.4. The zero-order chi connectivity index (χ0) is 67.3. The minimum absolute atomic E-state index is 0.0131. The number of hydrogen-bond donors (Lipinski definition) is 12. The second-order valence-electron chi connectivity index (χ2n) is 22.8. The van der Waals surface area contributed by atoms with Crippen LogP contribution in [0, 0.1) is 11.8 Å². The number of aromatic nitrogens is 7. The Hall–Kier alpha value is -8.52. The molecule has 9 heterocycles. The number of imidazole rings is 1. The highest BCUT2D eigenvalue weighted by Gasteiger charge is 2.53. The minimum atomic E-state index is -4.51. The van der Waals surface area contributed by atoms with Crippen molar-refractivity contribution in [3.63, 3.8) is 0 Å². The first-order chi connectivity index (χ1) is 46.2. The van der Waals surface area contributed by atoms with Crippen LogP contribution < -0.4 is 47.9 Å². The van der Waals surface area contributed by atoms with Crippen LogP contribution in [0.15, 0.2) is 97.7 Å². The number of nitrogen functional groups attached to an aromatic ring is 1. The number of hydrogen-bond acceptors (Lipinski definition) is 24. The van der Waals surface area contributed by atoms with Crippen molar-refractivity contribution in [2.45, 2.75) is 93.8 Å². The molecular formula is C60H66N16O16P2S2. The first kappa shape index (κ1) is 67.5. The number of anilines is 4. The Labute approximate surface area is 557 Å². The molecule has 3 aromatic carbocycles. The molecule has 0 radical (unpaired) electrons. The van der Waals surface area contributed by atoms with Gasteiger partial charge in [0.05, 0.1) is 56.8 Å². The van der Waals surface area contributed by atoms with Gasteiger partial charge in [0.1, 0.15) is 66.0 Å². The highest BCUT2D eigenvalue weighted by Crippen LogP contribution is 2.58. The molecule has 36 heteroatoms. The SMILES string of the molecule is Nc1nc(NCCNC(=O)CNC(=O)[C@H](Cc2ccccc2)NC(=O)CNC(=O)CNC(=O)CCC(=O)N2Cc3ccccc3C#Cc3ccccc32)nc2c1ncn2[C@@H]1O[C@@H]2COP(O)(=S)O[C@H]3[C@@H](O)[C@H](n4cc5c6c(ncnc64)NCCC5)O[C@@H]3COP(=O)(S)O[C@@H]1[C@@H]2O. The smallest absolute Gasteiger partial charge is 0.386 e. The monoisotopic (exact) mass is 1390 g/mol. The van der Waals surface area contributed by atoms with Crippen LogP contribution in [0.1, 0.15) is 59.5 Å². The maximum Gasteiger partial charge on any atom is 0.386 e. The van der Waals surface area contributed by atoms with E-state index in [-0.39, 0.29) is 67.7 Å². The lowest BCUT2D eigenvalue weighted by atomic mass is 10.0. The number of nitrogens with zero attached hydrogens (tertiary/aromatic N) is 8. The molecule has 2 bridgehead atoms. The van der Waals surface area contributed by atoms with E-state index in [0.717, 1.165) is 28.5 Å². The number of nitrogens with two attached hydrogens (primary N) is 1. The molecule has 7 aromatic rings. The second-order valence-corrected chi connectivity index (χ2v) is 28.5. The molecule has 3 fully saturated rings. The van der Waals surface area contributed by atoms with Crippen molar-refractivity contribution in [2.24, 2.45) is 0 Å². The number of aliphatic hydroxyl groups excluding tert-OH is 2. The lowest BCUT2D eigenvalue weighted by Crippen LogP contribution is -2.52. The summed E-state index contributed by atoms with van der Waals surface area (Å²) in [4.78, 5) is 114. The van der Waals surface area contributed by atoms with E-state index in [1.165, 1.54) is 17.2 Å². The molecule has 96 heavy (non-hydrogen) atoms. The third-order valence-electron chi connectivity index (χ3n) is 16.3. The van der Waals surface area contributed by atoms with Crippen molar-refractivity contribution < 1.29 is 76.0 Å². The van der Waals surface area contributed by atoms with Crippen LogP contribution in [0.3, 0.4) is 0 Å². The van der Waals surface area contributed by atoms with Crippen molar-refractivity contribution >= 4 is 118 Å². The van der Waals surface area contributed by atoms with Gasteiger partial charge in [0.15, 0.2) is 23.9 Å². The summed E-state index contributed by atoms with van der Waals surface area (Å²) in [5.41, 5.74) is 11.4. The van der Waals surface area contributed by atoms with Crippen molar-refractivity contribution in [3.05, 3.63) is 126 Å². The molecule has 0 saturated carbocycles. The number of carbonyl (C=O) groups is 6. The lowest BCUT2D eigenvalue weighted by Gasteiger charge is -2.27. The molecular weight excluding hydrogens is 1330 g/mol. The van der Waals surface area contributed by atoms with Crippen LogP contribution >= 0.6 is 25.8 Å². The van der Waals surface area contributed by atoms with Gasteiger partial charge in [-0.15, -0.1) is 0 Å². The van der Waals surface area contributed by atoms with Crippen LogP contribution in [0.5, 0.6) is 0 Å². The Kier molecular flexibility index (Phi) is 20.7. The number of thiol groups is 1. The molecule has 2 unspecified atom stereocenters. The molecule has 32 nitrogen and oxygen atoms in total. The Balaban J connectivity index is 0.615. The molecule has 5 aliphatic rings. The lowest BCUT2D eigenvalue weighted by molar-refractivity contribution is -0.131. The second kappa shape index (κ2) is 29.5. The van der Waals surface area contributed by atoms with Gasteiger partial charge in [-0.3, -0.25) is 46.9 Å². The number of aryl methyl sites for hydroxylation is 1. The van der Waals surface area contributed by atoms with Gasteiger partial charge < -0.3 is 81.5 Å². The molecule has 6 amide bonds. The van der Waals surface area contributed by atoms with Gasteiger partial charge in [0, 0.05) is 56.2 Å². The molecule has 12 rings (SSSR count). The average Bonchev–Trinajstić information content (AvgIpc) is 1.70. The van der Waals surface area contributed by atoms with E-state index >= 15 is 0 Å². The minimum Gasteiger partial charge on any atom is -0.387 e. The zero-order valence-electron chi connectivity index (χ0n) is 50.9. The van der Waals surface area contributed by atoms with Gasteiger partial charge in [-0.25, -0.2) is 19.5 Å².